The minimum Gasteiger partial charge on any atom is -0.477 e. The van der Waals surface area contributed by atoms with E-state index in [2.05, 4.69) is 62.4 Å². The van der Waals surface area contributed by atoms with E-state index in [1.54, 1.807) is 6.20 Å². The molecule has 6 heteroatoms. The molecule has 174 valence electrons. The van der Waals surface area contributed by atoms with Crippen LogP contribution in [0, 0.1) is 11.8 Å². The van der Waals surface area contributed by atoms with Crippen LogP contribution in [0.2, 0.25) is 18.1 Å². The van der Waals surface area contributed by atoms with Crippen molar-refractivity contribution in [3.05, 3.63) is 23.9 Å². The van der Waals surface area contributed by atoms with E-state index in [0.717, 1.165) is 24.8 Å². The molecule has 0 aliphatic rings. The Kier molecular flexibility index (Phi) is 11.9. The number of methoxy groups -OCH3 is 1. The first-order valence-electron chi connectivity index (χ1n) is 11.4. The minimum atomic E-state index is -2.03. The molecule has 1 aromatic rings. The quantitative estimate of drug-likeness (QED) is 0.159. The second-order valence-electron chi connectivity index (χ2n) is 9.31. The smallest absolute Gasteiger partial charge is 0.305 e. The highest BCUT2D eigenvalue weighted by Crippen LogP contribution is 2.41. The Morgan fingerprint density at radius 3 is 2.58 bits per heavy atom. The van der Waals surface area contributed by atoms with Crippen molar-refractivity contribution in [2.24, 2.45) is 0 Å². The Bertz CT molecular complexity index is 731. The predicted molar refractivity (Wildman–Crippen MR) is 129 cm³/mol. The molecule has 0 radical (unpaired) electrons. The normalized spacial score (nSPS) is 12.6. The predicted octanol–water partition coefficient (Wildman–Crippen LogP) is 6.45. The van der Waals surface area contributed by atoms with E-state index < -0.39 is 8.32 Å². The van der Waals surface area contributed by atoms with Gasteiger partial charge in [0, 0.05) is 31.0 Å². The zero-order valence-electron chi connectivity index (χ0n) is 20.5. The maximum absolute atomic E-state index is 11.2. The van der Waals surface area contributed by atoms with E-state index in [9.17, 15) is 4.79 Å². The van der Waals surface area contributed by atoms with Crippen LogP contribution in [0.1, 0.15) is 84.3 Å². The molecule has 0 N–H and O–H groups in total. The molecule has 5 nitrogen and oxygen atoms in total. The average molecular weight is 448 g/mol. The molecule has 31 heavy (non-hydrogen) atoms. The van der Waals surface area contributed by atoms with Gasteiger partial charge in [0.1, 0.15) is 0 Å². The number of hydrogen-bond donors (Lipinski definition) is 0. The number of hydrogen-bond acceptors (Lipinski definition) is 5. The lowest BCUT2D eigenvalue weighted by Gasteiger charge is -2.39. The highest BCUT2D eigenvalue weighted by atomic mass is 28.4. The lowest BCUT2D eigenvalue weighted by molar-refractivity contribution is -0.140. The molecule has 1 unspecified atom stereocenters. The van der Waals surface area contributed by atoms with Crippen LogP contribution in [0.4, 0.5) is 0 Å². The fourth-order valence-electron chi connectivity index (χ4n) is 2.71. The first-order valence-corrected chi connectivity index (χ1v) is 14.3. The number of nitrogens with zero attached hydrogens (tertiary/aromatic N) is 1. The number of ether oxygens (including phenoxy) is 2. The Balaban J connectivity index is 2.97. The van der Waals surface area contributed by atoms with Gasteiger partial charge in [-0.1, -0.05) is 40.5 Å². The molecule has 0 fully saturated rings. The molecule has 0 amide bonds. The van der Waals surface area contributed by atoms with Crippen molar-refractivity contribution in [1.82, 2.24) is 4.98 Å². The van der Waals surface area contributed by atoms with E-state index in [4.69, 9.17) is 9.16 Å². The van der Waals surface area contributed by atoms with Crippen LogP contribution in [0.5, 0.6) is 5.88 Å². The molecular weight excluding hydrogens is 406 g/mol. The van der Waals surface area contributed by atoms with E-state index in [1.165, 1.54) is 7.11 Å². The Labute approximate surface area is 190 Å². The van der Waals surface area contributed by atoms with Gasteiger partial charge in [-0.05, 0) is 43.1 Å². The number of carbonyl (C=O) groups excluding carboxylic acids is 1. The number of esters is 1. The summed E-state index contributed by atoms with van der Waals surface area (Å²) in [7, 11) is -0.616. The molecule has 1 rings (SSSR count). The summed E-state index contributed by atoms with van der Waals surface area (Å²) in [6, 6.07) is 3.97. The van der Waals surface area contributed by atoms with Crippen molar-refractivity contribution in [2.45, 2.75) is 96.9 Å². The summed E-state index contributed by atoms with van der Waals surface area (Å²) in [5.41, 5.74) is 0.965. The second kappa shape index (κ2) is 13.5. The molecule has 1 heterocycles. The highest BCUT2D eigenvalue weighted by Gasteiger charge is 2.39. The number of unbranched alkanes of at least 4 members (excludes halogenated alkanes) is 3. The molecule has 0 saturated heterocycles. The van der Waals surface area contributed by atoms with Crippen LogP contribution >= 0.6 is 0 Å². The minimum absolute atomic E-state index is 0.0869. The van der Waals surface area contributed by atoms with Crippen molar-refractivity contribution in [3.63, 3.8) is 0 Å². The van der Waals surface area contributed by atoms with Gasteiger partial charge in [-0.2, -0.15) is 0 Å². The third-order valence-electron chi connectivity index (χ3n) is 5.70. The molecule has 0 aliphatic heterocycles. The molecule has 0 aliphatic carbocycles. The highest BCUT2D eigenvalue weighted by molar-refractivity contribution is 6.74. The standard InChI is InChI=1S/C25H41NO4Si/c1-8-9-14-20-29-24-21(16-15-19-26-24)22(30-31(6,7)25(2,3)4)17-12-10-11-13-18-23(27)28-5/h15-16,19,22H,8-9,11,13-14,17-18,20H2,1-7H3. The summed E-state index contributed by atoms with van der Waals surface area (Å²) in [5, 5.41) is 0.0869. The maximum Gasteiger partial charge on any atom is 0.305 e. The van der Waals surface area contributed by atoms with Crippen molar-refractivity contribution in [1.29, 1.82) is 0 Å². The average Bonchev–Trinajstić information content (AvgIpc) is 2.72. The lowest BCUT2D eigenvalue weighted by Crippen LogP contribution is -2.41. The van der Waals surface area contributed by atoms with Gasteiger partial charge in [0.2, 0.25) is 5.88 Å². The van der Waals surface area contributed by atoms with Gasteiger partial charge in [0.15, 0.2) is 8.32 Å². The first kappa shape index (κ1) is 27.2. The number of pyridine rings is 1. The fourth-order valence-corrected chi connectivity index (χ4v) is 3.99. The third kappa shape index (κ3) is 9.88. The molecule has 0 aromatic carbocycles. The van der Waals surface area contributed by atoms with E-state index in [1.807, 2.05) is 12.1 Å². The number of rotatable bonds is 12. The van der Waals surface area contributed by atoms with Crippen LogP contribution in [0.3, 0.4) is 0 Å². The van der Waals surface area contributed by atoms with Crippen molar-refractivity contribution in [2.75, 3.05) is 13.7 Å². The number of aromatic nitrogens is 1. The Morgan fingerprint density at radius 1 is 1.19 bits per heavy atom. The third-order valence-corrected chi connectivity index (χ3v) is 10.2. The summed E-state index contributed by atoms with van der Waals surface area (Å²) < 4.78 is 17.5. The molecule has 1 aromatic heterocycles. The van der Waals surface area contributed by atoms with Gasteiger partial charge >= 0.3 is 5.97 Å². The van der Waals surface area contributed by atoms with E-state index >= 15 is 0 Å². The van der Waals surface area contributed by atoms with Crippen LogP contribution in [-0.2, 0) is 14.0 Å². The van der Waals surface area contributed by atoms with Crippen LogP contribution in [-0.4, -0.2) is 33.0 Å². The van der Waals surface area contributed by atoms with Gasteiger partial charge in [0.25, 0.3) is 0 Å². The van der Waals surface area contributed by atoms with Gasteiger partial charge < -0.3 is 13.9 Å². The summed E-state index contributed by atoms with van der Waals surface area (Å²) in [4.78, 5) is 15.7. The van der Waals surface area contributed by atoms with Gasteiger partial charge in [0.05, 0.1) is 19.8 Å². The van der Waals surface area contributed by atoms with E-state index in [-0.39, 0.29) is 17.1 Å². The topological polar surface area (TPSA) is 57.7 Å². The summed E-state index contributed by atoms with van der Waals surface area (Å²) >= 11 is 0. The monoisotopic (exact) mass is 447 g/mol. The Hall–Kier alpha value is -1.84. The maximum atomic E-state index is 11.2. The summed E-state index contributed by atoms with van der Waals surface area (Å²) in [6.45, 7) is 14.0. The van der Waals surface area contributed by atoms with Crippen molar-refractivity contribution < 1.29 is 18.7 Å². The van der Waals surface area contributed by atoms with Gasteiger partial charge in [-0.15, -0.1) is 11.8 Å². The Morgan fingerprint density at radius 2 is 1.94 bits per heavy atom. The largest absolute Gasteiger partial charge is 0.477 e. The molecule has 0 spiro atoms. The van der Waals surface area contributed by atoms with E-state index in [0.29, 0.717) is 38.2 Å². The van der Waals surface area contributed by atoms with Crippen molar-refractivity contribution in [3.8, 4) is 17.7 Å². The summed E-state index contributed by atoms with van der Waals surface area (Å²) in [6.07, 6.45) is 7.21. The lowest BCUT2D eigenvalue weighted by atomic mass is 10.1. The zero-order chi connectivity index (χ0) is 23.3. The van der Waals surface area contributed by atoms with Crippen LogP contribution in [0.15, 0.2) is 18.3 Å². The number of carbonyl (C=O) groups is 1. The van der Waals surface area contributed by atoms with Crippen LogP contribution in [0.25, 0.3) is 0 Å². The second-order valence-corrected chi connectivity index (χ2v) is 14.1. The van der Waals surface area contributed by atoms with Crippen LogP contribution < -0.4 is 4.74 Å². The summed E-state index contributed by atoms with van der Waals surface area (Å²) in [5.74, 6) is 6.91. The fraction of sp³-hybridized carbons (Fsp3) is 0.680. The molecular formula is C25H41NO4Si. The zero-order valence-corrected chi connectivity index (χ0v) is 21.5. The van der Waals surface area contributed by atoms with Gasteiger partial charge in [-0.3, -0.25) is 4.79 Å². The molecule has 0 bridgehead atoms. The SMILES string of the molecule is CCCCCOc1ncccc1C(CC#CCCCC(=O)OC)O[Si](C)(C)C(C)(C)C. The molecule has 0 saturated carbocycles. The molecule has 1 atom stereocenters. The van der Waals surface area contributed by atoms with Crippen molar-refractivity contribution >= 4 is 14.3 Å². The first-order chi connectivity index (χ1) is 14.6. The van der Waals surface area contributed by atoms with Gasteiger partial charge in [-0.25, -0.2) is 4.98 Å².